The molecule has 0 aromatic heterocycles. The third-order valence-electron chi connectivity index (χ3n) is 4.12. The molecular formula is C21H20F2N4O. The average molecular weight is 382 g/mol. The van der Waals surface area contributed by atoms with Gasteiger partial charge in [-0.3, -0.25) is 11.3 Å². The molecule has 0 aliphatic carbocycles. The van der Waals surface area contributed by atoms with Crippen LogP contribution >= 0.6 is 0 Å². The lowest BCUT2D eigenvalue weighted by atomic mass is 9.95. The van der Waals surface area contributed by atoms with Crippen LogP contribution in [0.1, 0.15) is 11.1 Å². The van der Waals surface area contributed by atoms with E-state index >= 15 is 0 Å². The van der Waals surface area contributed by atoms with Crippen molar-refractivity contribution in [2.75, 3.05) is 0 Å². The number of nitrogens with zero attached hydrogens (tertiary/aromatic N) is 1. The van der Waals surface area contributed by atoms with Crippen LogP contribution in [0.2, 0.25) is 0 Å². The van der Waals surface area contributed by atoms with Crippen molar-refractivity contribution in [3.05, 3.63) is 83.9 Å². The molecule has 3 aromatic carbocycles. The topological polar surface area (TPSA) is 71.7 Å². The predicted octanol–water partition coefficient (Wildman–Crippen LogP) is 4.31. The Morgan fingerprint density at radius 2 is 1.57 bits per heavy atom. The molecule has 0 saturated carbocycles. The van der Waals surface area contributed by atoms with Crippen molar-refractivity contribution in [3.8, 4) is 16.9 Å². The normalized spacial score (nSPS) is 11.5. The summed E-state index contributed by atoms with van der Waals surface area (Å²) < 4.78 is 30.0. The predicted molar refractivity (Wildman–Crippen MR) is 106 cm³/mol. The largest absolute Gasteiger partial charge is 0.433 e. The minimum Gasteiger partial charge on any atom is -0.433 e. The Morgan fingerprint density at radius 1 is 0.929 bits per heavy atom. The number of nitrogens with two attached hydrogens (primary N) is 1. The van der Waals surface area contributed by atoms with E-state index in [0.717, 1.165) is 22.3 Å². The highest BCUT2D eigenvalue weighted by Gasteiger charge is 2.14. The van der Waals surface area contributed by atoms with Crippen molar-refractivity contribution in [3.63, 3.8) is 0 Å². The van der Waals surface area contributed by atoms with Crippen molar-refractivity contribution in [2.24, 2.45) is 10.8 Å². The SMILES string of the molecule is Cc1ccccc1-c1ccccc1C(=Nc1ccccc1OC(F)F)NNN. The minimum atomic E-state index is -2.94. The van der Waals surface area contributed by atoms with Gasteiger partial charge in [0.25, 0.3) is 0 Å². The van der Waals surface area contributed by atoms with Crippen LogP contribution in [0.15, 0.2) is 77.8 Å². The van der Waals surface area contributed by atoms with Gasteiger partial charge in [0, 0.05) is 5.56 Å². The van der Waals surface area contributed by atoms with Gasteiger partial charge in [0.05, 0.1) is 0 Å². The lowest BCUT2D eigenvalue weighted by molar-refractivity contribution is -0.0494. The Labute approximate surface area is 161 Å². The number of alkyl halides is 2. The van der Waals surface area contributed by atoms with E-state index in [1.165, 1.54) is 6.07 Å². The van der Waals surface area contributed by atoms with Gasteiger partial charge < -0.3 is 4.74 Å². The van der Waals surface area contributed by atoms with Gasteiger partial charge in [-0.1, -0.05) is 60.7 Å². The zero-order valence-corrected chi connectivity index (χ0v) is 15.2. The number of para-hydroxylation sites is 2. The molecule has 144 valence electrons. The standard InChI is InChI=1S/C21H20F2N4O/c1-14-8-2-3-9-15(14)16-10-4-5-11-17(16)20(26-27-24)25-18-12-6-7-13-19(18)28-21(22)23/h2-13,21,27H,24H2,1H3,(H,25,26). The van der Waals surface area contributed by atoms with Crippen molar-refractivity contribution in [1.29, 1.82) is 0 Å². The van der Waals surface area contributed by atoms with E-state index in [1.54, 1.807) is 18.2 Å². The Bertz CT molecular complexity index is 976. The van der Waals surface area contributed by atoms with Crippen molar-refractivity contribution >= 4 is 11.5 Å². The summed E-state index contributed by atoms with van der Waals surface area (Å²) in [5.41, 5.74) is 9.21. The van der Waals surface area contributed by atoms with E-state index in [0.29, 0.717) is 5.84 Å². The molecule has 0 aliphatic rings. The number of halogens is 2. The number of ether oxygens (including phenoxy) is 1. The summed E-state index contributed by atoms with van der Waals surface area (Å²) in [6.07, 6.45) is 0. The second-order valence-electron chi connectivity index (χ2n) is 5.94. The van der Waals surface area contributed by atoms with Gasteiger partial charge in [0.1, 0.15) is 11.5 Å². The average Bonchev–Trinajstić information content (AvgIpc) is 2.69. The van der Waals surface area contributed by atoms with Crippen LogP contribution in [0.3, 0.4) is 0 Å². The molecule has 0 atom stereocenters. The maximum atomic E-state index is 12.7. The fraction of sp³-hybridized carbons (Fsp3) is 0.0952. The van der Waals surface area contributed by atoms with Gasteiger partial charge in [0.2, 0.25) is 0 Å². The first-order chi connectivity index (χ1) is 13.6. The highest BCUT2D eigenvalue weighted by atomic mass is 19.3. The monoisotopic (exact) mass is 382 g/mol. The lowest BCUT2D eigenvalue weighted by Crippen LogP contribution is -2.42. The molecule has 3 aromatic rings. The first kappa shape index (κ1) is 19.5. The smallest absolute Gasteiger partial charge is 0.387 e. The van der Waals surface area contributed by atoms with Gasteiger partial charge in [-0.25, -0.2) is 4.99 Å². The highest BCUT2D eigenvalue weighted by molar-refractivity contribution is 6.05. The Morgan fingerprint density at radius 3 is 2.29 bits per heavy atom. The van der Waals surface area contributed by atoms with E-state index in [9.17, 15) is 8.78 Å². The number of amidine groups is 1. The van der Waals surface area contributed by atoms with Gasteiger partial charge in [-0.05, 0) is 35.7 Å². The van der Waals surface area contributed by atoms with Crippen LogP contribution in [-0.4, -0.2) is 12.4 Å². The van der Waals surface area contributed by atoms with E-state index in [1.807, 2.05) is 55.5 Å². The third kappa shape index (κ3) is 4.51. The molecule has 0 amide bonds. The van der Waals surface area contributed by atoms with Gasteiger partial charge in [-0.15, -0.1) is 0 Å². The highest BCUT2D eigenvalue weighted by Crippen LogP contribution is 2.31. The molecular weight excluding hydrogens is 362 g/mol. The Hall–Kier alpha value is -3.29. The van der Waals surface area contributed by atoms with Crippen LogP contribution in [0, 0.1) is 6.92 Å². The number of hydrazine groups is 2. The second-order valence-corrected chi connectivity index (χ2v) is 5.94. The number of hydrogen-bond acceptors (Lipinski definition) is 4. The molecule has 5 nitrogen and oxygen atoms in total. The molecule has 0 saturated heterocycles. The maximum Gasteiger partial charge on any atom is 0.387 e. The number of rotatable bonds is 6. The Kier molecular flexibility index (Phi) is 6.31. The first-order valence-electron chi connectivity index (χ1n) is 8.59. The summed E-state index contributed by atoms with van der Waals surface area (Å²) in [5, 5.41) is 0. The molecule has 4 N–H and O–H groups in total. The molecule has 0 spiro atoms. The van der Waals surface area contributed by atoms with E-state index in [4.69, 9.17) is 5.84 Å². The van der Waals surface area contributed by atoms with Crippen molar-refractivity contribution < 1.29 is 13.5 Å². The van der Waals surface area contributed by atoms with E-state index < -0.39 is 6.61 Å². The van der Waals surface area contributed by atoms with Gasteiger partial charge >= 0.3 is 6.61 Å². The zero-order chi connectivity index (χ0) is 19.9. The minimum absolute atomic E-state index is 0.0257. The maximum absolute atomic E-state index is 12.7. The fourth-order valence-electron chi connectivity index (χ4n) is 2.89. The summed E-state index contributed by atoms with van der Waals surface area (Å²) in [5.74, 6) is 5.81. The lowest BCUT2D eigenvalue weighted by Gasteiger charge is -2.16. The summed E-state index contributed by atoms with van der Waals surface area (Å²) in [4.78, 5) is 4.49. The number of hydrogen-bond donors (Lipinski definition) is 3. The summed E-state index contributed by atoms with van der Waals surface area (Å²) >= 11 is 0. The van der Waals surface area contributed by atoms with Crippen LogP contribution in [0.5, 0.6) is 5.75 Å². The Balaban J connectivity index is 2.13. The number of aliphatic imine (C=N–C) groups is 1. The summed E-state index contributed by atoms with van der Waals surface area (Å²) in [6.45, 7) is -0.928. The fourth-order valence-corrected chi connectivity index (χ4v) is 2.89. The van der Waals surface area contributed by atoms with Crippen LogP contribution in [0.4, 0.5) is 14.5 Å². The quantitative estimate of drug-likeness (QED) is 0.257. The van der Waals surface area contributed by atoms with Crippen molar-refractivity contribution in [1.82, 2.24) is 11.0 Å². The summed E-state index contributed by atoms with van der Waals surface area (Å²) in [6, 6.07) is 21.9. The van der Waals surface area contributed by atoms with Gasteiger partial charge in [0.15, 0.2) is 5.75 Å². The molecule has 0 radical (unpaired) electrons. The third-order valence-corrected chi connectivity index (χ3v) is 4.12. The molecule has 28 heavy (non-hydrogen) atoms. The van der Waals surface area contributed by atoms with Crippen LogP contribution in [0.25, 0.3) is 11.1 Å². The number of aryl methyl sites for hydroxylation is 1. The van der Waals surface area contributed by atoms with Crippen LogP contribution in [-0.2, 0) is 0 Å². The second kappa shape index (κ2) is 9.07. The molecule has 0 unspecified atom stereocenters. The van der Waals surface area contributed by atoms with Gasteiger partial charge in [-0.2, -0.15) is 14.3 Å². The van der Waals surface area contributed by atoms with E-state index in [2.05, 4.69) is 20.7 Å². The number of benzene rings is 3. The summed E-state index contributed by atoms with van der Waals surface area (Å²) in [7, 11) is 0. The van der Waals surface area contributed by atoms with Crippen molar-refractivity contribution in [2.45, 2.75) is 13.5 Å². The molecule has 0 bridgehead atoms. The number of nitrogens with one attached hydrogen (secondary N) is 2. The molecule has 7 heteroatoms. The van der Waals surface area contributed by atoms with Crippen LogP contribution < -0.4 is 21.5 Å². The first-order valence-corrected chi connectivity index (χ1v) is 8.59. The molecule has 3 rings (SSSR count). The van der Waals surface area contributed by atoms with E-state index in [-0.39, 0.29) is 11.4 Å². The molecule has 0 fully saturated rings. The molecule has 0 aliphatic heterocycles. The zero-order valence-electron chi connectivity index (χ0n) is 15.2. The molecule has 0 heterocycles.